The van der Waals surface area contributed by atoms with E-state index in [-0.39, 0.29) is 0 Å². The lowest BCUT2D eigenvalue weighted by Crippen LogP contribution is -2.75. The minimum atomic E-state index is -3.03. The molecule has 0 saturated heterocycles. The summed E-state index contributed by atoms with van der Waals surface area (Å²) < 4.78 is 9.07. The van der Waals surface area contributed by atoms with Crippen molar-refractivity contribution in [2.45, 2.75) is 0 Å². The maximum absolute atomic E-state index is 6.52. The first kappa shape index (κ1) is 33.2. The maximum atomic E-state index is 6.52. The van der Waals surface area contributed by atoms with Gasteiger partial charge < -0.3 is 8.98 Å². The van der Waals surface area contributed by atoms with Crippen LogP contribution in [0.2, 0.25) is 0 Å². The minimum Gasteiger partial charge on any atom is -0.456 e. The molecule has 57 heavy (non-hydrogen) atoms. The van der Waals surface area contributed by atoms with Gasteiger partial charge in [-0.3, -0.25) is 0 Å². The van der Waals surface area contributed by atoms with Crippen LogP contribution in [0, 0.1) is 0 Å². The van der Waals surface area contributed by atoms with Crippen molar-refractivity contribution in [3.63, 3.8) is 0 Å². The average molecular weight is 744 g/mol. The zero-order chi connectivity index (χ0) is 37.8. The largest absolute Gasteiger partial charge is 0.456 e. The van der Waals surface area contributed by atoms with E-state index in [2.05, 4.69) is 229 Å². The van der Waals surface area contributed by atoms with E-state index in [0.717, 1.165) is 33.0 Å². The number of hydrogen-bond acceptors (Lipinski definition) is 1. The second-order valence-corrected chi connectivity index (χ2v) is 18.5. The van der Waals surface area contributed by atoms with Gasteiger partial charge in [-0.2, -0.15) is 0 Å². The quantitative estimate of drug-likeness (QED) is 0.117. The van der Waals surface area contributed by atoms with Crippen molar-refractivity contribution in [1.29, 1.82) is 0 Å². The molecule has 0 aliphatic heterocycles. The van der Waals surface area contributed by atoms with Crippen molar-refractivity contribution in [1.82, 2.24) is 4.57 Å². The average Bonchev–Trinajstić information content (AvgIpc) is 3.84. The van der Waals surface area contributed by atoms with Crippen LogP contribution in [0.4, 0.5) is 0 Å². The molecule has 9 aromatic carbocycles. The molecule has 0 unspecified atom stereocenters. The summed E-state index contributed by atoms with van der Waals surface area (Å²) in [7, 11) is -3.03. The highest BCUT2D eigenvalue weighted by Crippen LogP contribution is 2.45. The SMILES string of the molecule is c1ccc(-c2ccc([Si](c3ccccc3)(c3ccccc3)c3ccccc3)c(-c3ccccc3)c2-n2c3ccccc3c3c4c(ccc32)oc2ccccc24)cc1. The summed E-state index contributed by atoms with van der Waals surface area (Å²) in [5.74, 6) is 0. The molecule has 0 spiro atoms. The first-order chi connectivity index (χ1) is 28.3. The molecule has 11 rings (SSSR count). The fourth-order valence-electron chi connectivity index (χ4n) is 9.43. The second-order valence-electron chi connectivity index (χ2n) is 14.7. The Labute approximate surface area is 332 Å². The predicted octanol–water partition coefficient (Wildman–Crippen LogP) is 11.4. The Bertz CT molecular complexity index is 3110. The third-order valence-corrected chi connectivity index (χ3v) is 16.6. The minimum absolute atomic E-state index is 0.899. The lowest BCUT2D eigenvalue weighted by Gasteiger charge is -2.37. The molecular weight excluding hydrogens is 707 g/mol. The van der Waals surface area contributed by atoms with Gasteiger partial charge in [0.1, 0.15) is 11.2 Å². The molecule has 0 radical (unpaired) electrons. The van der Waals surface area contributed by atoms with Crippen LogP contribution in [0.5, 0.6) is 0 Å². The van der Waals surface area contributed by atoms with E-state index in [1.807, 2.05) is 0 Å². The molecule has 0 bridgehead atoms. The van der Waals surface area contributed by atoms with Crippen LogP contribution >= 0.6 is 0 Å². The molecule has 0 aliphatic rings. The molecule has 0 fully saturated rings. The van der Waals surface area contributed by atoms with E-state index in [1.54, 1.807) is 0 Å². The Morgan fingerprint density at radius 1 is 0.351 bits per heavy atom. The van der Waals surface area contributed by atoms with Crippen LogP contribution in [-0.2, 0) is 0 Å². The Hall–Kier alpha value is -7.20. The van der Waals surface area contributed by atoms with Crippen LogP contribution < -0.4 is 20.7 Å². The number of nitrogens with zero attached hydrogens (tertiary/aromatic N) is 1. The van der Waals surface area contributed by atoms with Gasteiger partial charge in [0.2, 0.25) is 0 Å². The number of para-hydroxylation sites is 2. The van der Waals surface area contributed by atoms with Gasteiger partial charge in [-0.05, 0) is 56.1 Å². The summed E-state index contributed by atoms with van der Waals surface area (Å²) in [5.41, 5.74) is 10.0. The maximum Gasteiger partial charge on any atom is 0.180 e. The lowest BCUT2D eigenvalue weighted by atomic mass is 9.95. The van der Waals surface area contributed by atoms with Gasteiger partial charge in [-0.1, -0.05) is 200 Å². The van der Waals surface area contributed by atoms with E-state index >= 15 is 0 Å². The molecule has 2 heterocycles. The fourth-order valence-corrected chi connectivity index (χ4v) is 14.4. The molecule has 0 saturated carbocycles. The number of rotatable bonds is 7. The molecule has 0 amide bonds. The molecule has 2 nitrogen and oxygen atoms in total. The molecule has 0 atom stereocenters. The van der Waals surface area contributed by atoms with Crippen molar-refractivity contribution in [2.75, 3.05) is 0 Å². The van der Waals surface area contributed by atoms with Gasteiger partial charge in [0.05, 0.1) is 16.7 Å². The fraction of sp³-hybridized carbons (Fsp3) is 0. The zero-order valence-corrected chi connectivity index (χ0v) is 32.2. The highest BCUT2D eigenvalue weighted by atomic mass is 28.3. The molecular formula is C54H37NOSi. The van der Waals surface area contributed by atoms with Gasteiger partial charge >= 0.3 is 0 Å². The number of fused-ring (bicyclic) bond motifs is 7. The van der Waals surface area contributed by atoms with Crippen LogP contribution in [0.15, 0.2) is 229 Å². The summed E-state index contributed by atoms with van der Waals surface area (Å²) in [6.07, 6.45) is 0. The van der Waals surface area contributed by atoms with Crippen molar-refractivity contribution < 1.29 is 4.42 Å². The first-order valence-electron chi connectivity index (χ1n) is 19.6. The molecule has 0 aliphatic carbocycles. The number of furan rings is 1. The summed E-state index contributed by atoms with van der Waals surface area (Å²) >= 11 is 0. The van der Waals surface area contributed by atoms with Gasteiger partial charge in [-0.25, -0.2) is 0 Å². The molecule has 268 valence electrons. The molecule has 2 aromatic heterocycles. The summed E-state index contributed by atoms with van der Waals surface area (Å²) in [6, 6.07) is 82.4. The number of benzene rings is 9. The van der Waals surface area contributed by atoms with Gasteiger partial charge in [-0.15, -0.1) is 0 Å². The Morgan fingerprint density at radius 2 is 0.860 bits per heavy atom. The van der Waals surface area contributed by atoms with Gasteiger partial charge in [0.15, 0.2) is 8.07 Å². The van der Waals surface area contributed by atoms with Gasteiger partial charge in [0.25, 0.3) is 0 Å². The normalized spacial score (nSPS) is 11.9. The molecule has 0 N–H and O–H groups in total. The predicted molar refractivity (Wildman–Crippen MR) is 243 cm³/mol. The summed E-state index contributed by atoms with van der Waals surface area (Å²) in [4.78, 5) is 0. The van der Waals surface area contributed by atoms with Gasteiger partial charge in [0, 0.05) is 32.7 Å². The van der Waals surface area contributed by atoms with Crippen LogP contribution in [0.3, 0.4) is 0 Å². The standard InChI is InChI=1S/C54H37NOSi/c1-6-20-38(21-7-1)43-34-37-50(57(40-24-10-3-11-25-40,41-26-12-4-13-27-41)42-28-14-5-15-29-42)51(39-22-8-2-9-23-39)54(43)55-46-32-18-16-30-44(46)52-47(55)35-36-49-53(52)45-31-17-19-33-48(45)56-49/h1-37H. The molecule has 3 heteroatoms. The Balaban J connectivity index is 1.40. The zero-order valence-electron chi connectivity index (χ0n) is 31.2. The van der Waals surface area contributed by atoms with E-state index in [1.165, 1.54) is 59.5 Å². The van der Waals surface area contributed by atoms with E-state index in [4.69, 9.17) is 4.42 Å². The van der Waals surface area contributed by atoms with E-state index < -0.39 is 8.07 Å². The van der Waals surface area contributed by atoms with Crippen LogP contribution in [-0.4, -0.2) is 12.6 Å². The number of hydrogen-bond donors (Lipinski definition) is 0. The second kappa shape index (κ2) is 13.5. The van der Waals surface area contributed by atoms with Crippen molar-refractivity contribution in [3.05, 3.63) is 224 Å². The van der Waals surface area contributed by atoms with E-state index in [9.17, 15) is 0 Å². The van der Waals surface area contributed by atoms with Crippen molar-refractivity contribution in [3.8, 4) is 27.9 Å². The van der Waals surface area contributed by atoms with Crippen molar-refractivity contribution >= 4 is 72.6 Å². The topological polar surface area (TPSA) is 18.1 Å². The van der Waals surface area contributed by atoms with Crippen molar-refractivity contribution in [2.24, 2.45) is 0 Å². The highest BCUT2D eigenvalue weighted by Gasteiger charge is 2.44. The Morgan fingerprint density at radius 3 is 1.47 bits per heavy atom. The van der Waals surface area contributed by atoms with Crippen LogP contribution in [0.1, 0.15) is 0 Å². The smallest absolute Gasteiger partial charge is 0.180 e. The first-order valence-corrected chi connectivity index (χ1v) is 21.6. The summed E-state index contributed by atoms with van der Waals surface area (Å²) in [6.45, 7) is 0. The lowest BCUT2D eigenvalue weighted by molar-refractivity contribution is 0.669. The third-order valence-electron chi connectivity index (χ3n) is 11.7. The third kappa shape index (κ3) is 5.10. The van der Waals surface area contributed by atoms with E-state index in [0.29, 0.717) is 0 Å². The molecule has 11 aromatic rings. The summed E-state index contributed by atoms with van der Waals surface area (Å²) in [5, 5.41) is 10.0. The Kier molecular flexibility index (Phi) is 7.87. The van der Waals surface area contributed by atoms with Crippen LogP contribution in [0.25, 0.3) is 71.7 Å². The highest BCUT2D eigenvalue weighted by molar-refractivity contribution is 7.20. The monoisotopic (exact) mass is 743 g/mol. The number of aromatic nitrogens is 1.